The first-order valence-electron chi connectivity index (χ1n) is 11.7. The first-order chi connectivity index (χ1) is 17.1. The smallest absolute Gasteiger partial charge is 0.259 e. The number of para-hydroxylation sites is 1. The summed E-state index contributed by atoms with van der Waals surface area (Å²) in [6.07, 6.45) is 6.83. The molecule has 0 saturated carbocycles. The number of nitrogens with one attached hydrogen (secondary N) is 1. The minimum Gasteiger partial charge on any atom is -0.352 e. The van der Waals surface area contributed by atoms with E-state index in [0.29, 0.717) is 37.4 Å². The molecule has 3 heterocycles. The molecule has 35 heavy (non-hydrogen) atoms. The van der Waals surface area contributed by atoms with Crippen molar-refractivity contribution in [2.75, 3.05) is 13.1 Å². The number of piperidine rings is 1. The number of hydrogen-bond acceptors (Lipinski definition) is 3. The lowest BCUT2D eigenvalue weighted by Crippen LogP contribution is -2.45. The summed E-state index contributed by atoms with van der Waals surface area (Å²) in [6.45, 7) is 1.25. The van der Waals surface area contributed by atoms with Crippen LogP contribution in [0.2, 0.25) is 0 Å². The maximum atomic E-state index is 13.6. The quantitative estimate of drug-likeness (QED) is 0.463. The molecule has 1 aliphatic heterocycles. The highest BCUT2D eigenvalue weighted by Gasteiger charge is 2.31. The molecule has 7 nitrogen and oxygen atoms in total. The summed E-state index contributed by atoms with van der Waals surface area (Å²) in [5.41, 5.74) is 2.16. The second kappa shape index (κ2) is 9.97. The van der Waals surface area contributed by atoms with Gasteiger partial charge in [-0.1, -0.05) is 30.3 Å². The van der Waals surface area contributed by atoms with Gasteiger partial charge in [-0.3, -0.25) is 9.59 Å². The van der Waals surface area contributed by atoms with Crippen molar-refractivity contribution in [1.29, 1.82) is 0 Å². The van der Waals surface area contributed by atoms with Crippen LogP contribution in [0, 0.1) is 11.7 Å². The van der Waals surface area contributed by atoms with Crippen LogP contribution in [0.5, 0.6) is 0 Å². The zero-order valence-corrected chi connectivity index (χ0v) is 19.2. The fourth-order valence-electron chi connectivity index (χ4n) is 4.46. The molecule has 2 amide bonds. The molecule has 0 aliphatic carbocycles. The predicted octanol–water partition coefficient (Wildman–Crippen LogP) is 3.97. The van der Waals surface area contributed by atoms with E-state index in [0.717, 1.165) is 17.7 Å². The fourth-order valence-corrected chi connectivity index (χ4v) is 4.46. The Bertz CT molecular complexity index is 1300. The Morgan fingerprint density at radius 3 is 2.49 bits per heavy atom. The van der Waals surface area contributed by atoms with E-state index >= 15 is 0 Å². The minimum atomic E-state index is -0.309. The highest BCUT2D eigenvalue weighted by atomic mass is 19.1. The largest absolute Gasteiger partial charge is 0.352 e. The number of rotatable bonds is 6. The fraction of sp³-hybridized carbons (Fsp3) is 0.222. The highest BCUT2D eigenvalue weighted by molar-refractivity contribution is 5.97. The molecule has 0 bridgehead atoms. The number of carbonyl (C=O) groups is 2. The third kappa shape index (κ3) is 4.87. The number of nitrogens with zero attached hydrogens (tertiary/aromatic N) is 4. The van der Waals surface area contributed by atoms with Gasteiger partial charge in [-0.25, -0.2) is 9.07 Å². The van der Waals surface area contributed by atoms with Crippen LogP contribution in [0.4, 0.5) is 4.39 Å². The minimum absolute atomic E-state index is 0.0996. The van der Waals surface area contributed by atoms with Gasteiger partial charge in [-0.05, 0) is 54.8 Å². The number of aromatic nitrogens is 3. The molecular formula is C27H26FN5O2. The SMILES string of the molecule is O=C(NCc1ccc(F)cc1)[C@H]1CCCN(C(=O)c2cnn(-c3ccccc3)c2-n2cccc2)C1. The average molecular weight is 472 g/mol. The van der Waals surface area contributed by atoms with Crippen LogP contribution in [0.1, 0.15) is 28.8 Å². The Kier molecular flexibility index (Phi) is 6.43. The molecule has 1 N–H and O–H groups in total. The summed E-state index contributed by atoms with van der Waals surface area (Å²) < 4.78 is 16.8. The van der Waals surface area contributed by atoms with Gasteiger partial charge in [0, 0.05) is 32.0 Å². The van der Waals surface area contributed by atoms with E-state index in [1.54, 1.807) is 27.9 Å². The number of amides is 2. The molecule has 1 fully saturated rings. The molecule has 2 aromatic heterocycles. The molecule has 4 aromatic rings. The standard InChI is InChI=1S/C27H26FN5O2/c28-22-12-10-20(11-13-22)17-29-25(34)21-7-6-16-32(19-21)27(35)24-18-30-33(23-8-2-1-3-9-23)26(24)31-14-4-5-15-31/h1-5,8-15,18,21H,6-7,16-17,19H2,(H,29,34)/t21-/m0/s1. The van der Waals surface area contributed by atoms with Crippen LogP contribution in [0.3, 0.4) is 0 Å². The van der Waals surface area contributed by atoms with Crippen molar-refractivity contribution in [2.24, 2.45) is 5.92 Å². The number of benzene rings is 2. The first kappa shape index (κ1) is 22.6. The van der Waals surface area contributed by atoms with Gasteiger partial charge in [0.1, 0.15) is 11.4 Å². The number of hydrogen-bond donors (Lipinski definition) is 1. The maximum absolute atomic E-state index is 13.6. The molecule has 5 rings (SSSR count). The van der Waals surface area contributed by atoms with Crippen LogP contribution in [0.15, 0.2) is 85.3 Å². The van der Waals surface area contributed by atoms with Crippen LogP contribution < -0.4 is 5.32 Å². The van der Waals surface area contributed by atoms with Crippen molar-refractivity contribution in [1.82, 2.24) is 24.6 Å². The van der Waals surface area contributed by atoms with Crippen molar-refractivity contribution in [3.63, 3.8) is 0 Å². The summed E-state index contributed by atoms with van der Waals surface area (Å²) in [4.78, 5) is 28.2. The van der Waals surface area contributed by atoms with E-state index < -0.39 is 0 Å². The Labute approximate surface area is 202 Å². The van der Waals surface area contributed by atoms with Crippen LogP contribution >= 0.6 is 0 Å². The second-order valence-electron chi connectivity index (χ2n) is 8.65. The van der Waals surface area contributed by atoms with Gasteiger partial charge in [0.15, 0.2) is 5.82 Å². The normalized spacial score (nSPS) is 15.7. The molecule has 178 valence electrons. The number of carbonyl (C=O) groups excluding carboxylic acids is 2. The zero-order chi connectivity index (χ0) is 24.2. The monoisotopic (exact) mass is 471 g/mol. The molecule has 1 atom stereocenters. The van der Waals surface area contributed by atoms with Crippen molar-refractivity contribution < 1.29 is 14.0 Å². The molecular weight excluding hydrogens is 445 g/mol. The van der Waals surface area contributed by atoms with Crippen LogP contribution in [-0.4, -0.2) is 44.2 Å². The topological polar surface area (TPSA) is 72.2 Å². The van der Waals surface area contributed by atoms with Gasteiger partial charge in [-0.15, -0.1) is 0 Å². The average Bonchev–Trinajstić information content (AvgIpc) is 3.58. The molecule has 2 aromatic carbocycles. The Hall–Kier alpha value is -4.20. The van der Waals surface area contributed by atoms with Crippen molar-refractivity contribution in [3.05, 3.63) is 102 Å². The van der Waals surface area contributed by atoms with Gasteiger partial charge in [0.05, 0.1) is 17.8 Å². The van der Waals surface area contributed by atoms with E-state index in [4.69, 9.17) is 0 Å². The molecule has 0 unspecified atom stereocenters. The van der Waals surface area contributed by atoms with Crippen molar-refractivity contribution >= 4 is 11.8 Å². The summed E-state index contributed by atoms with van der Waals surface area (Å²) >= 11 is 0. The van der Waals surface area contributed by atoms with Crippen molar-refractivity contribution in [2.45, 2.75) is 19.4 Å². The molecule has 0 radical (unpaired) electrons. The van der Waals surface area contributed by atoms with Gasteiger partial charge in [0.2, 0.25) is 5.91 Å². The Balaban J connectivity index is 1.33. The van der Waals surface area contributed by atoms with Crippen LogP contribution in [-0.2, 0) is 11.3 Å². The summed E-state index contributed by atoms with van der Waals surface area (Å²) in [6, 6.07) is 19.5. The van der Waals surface area contributed by atoms with Crippen molar-refractivity contribution in [3.8, 4) is 11.5 Å². The Morgan fingerprint density at radius 2 is 1.74 bits per heavy atom. The highest BCUT2D eigenvalue weighted by Crippen LogP contribution is 2.24. The molecule has 8 heteroatoms. The molecule has 1 saturated heterocycles. The number of likely N-dealkylation sites (tertiary alicyclic amines) is 1. The Morgan fingerprint density at radius 1 is 1.00 bits per heavy atom. The van der Waals surface area contributed by atoms with Gasteiger partial charge in [0.25, 0.3) is 5.91 Å². The lowest BCUT2D eigenvalue weighted by molar-refractivity contribution is -0.126. The summed E-state index contributed by atoms with van der Waals surface area (Å²) in [7, 11) is 0. The van der Waals surface area contributed by atoms with E-state index in [1.807, 2.05) is 59.4 Å². The van der Waals surface area contributed by atoms with Gasteiger partial charge >= 0.3 is 0 Å². The maximum Gasteiger partial charge on any atom is 0.259 e. The number of halogens is 1. The lowest BCUT2D eigenvalue weighted by atomic mass is 9.96. The predicted molar refractivity (Wildman–Crippen MR) is 130 cm³/mol. The van der Waals surface area contributed by atoms with E-state index in [2.05, 4.69) is 10.4 Å². The zero-order valence-electron chi connectivity index (χ0n) is 19.2. The van der Waals surface area contributed by atoms with Gasteiger partial charge in [-0.2, -0.15) is 5.10 Å². The third-order valence-electron chi connectivity index (χ3n) is 6.28. The molecule has 1 aliphatic rings. The van der Waals surface area contributed by atoms with Gasteiger partial charge < -0.3 is 14.8 Å². The van der Waals surface area contributed by atoms with E-state index in [-0.39, 0.29) is 23.5 Å². The summed E-state index contributed by atoms with van der Waals surface area (Å²) in [5.74, 6) is -0.192. The van der Waals surface area contributed by atoms with E-state index in [1.165, 1.54) is 12.1 Å². The lowest BCUT2D eigenvalue weighted by Gasteiger charge is -2.32. The second-order valence-corrected chi connectivity index (χ2v) is 8.65. The van der Waals surface area contributed by atoms with Crippen LogP contribution in [0.25, 0.3) is 11.5 Å². The van der Waals surface area contributed by atoms with E-state index in [9.17, 15) is 14.0 Å². The molecule has 0 spiro atoms. The summed E-state index contributed by atoms with van der Waals surface area (Å²) in [5, 5.41) is 7.45. The first-order valence-corrected chi connectivity index (χ1v) is 11.7. The third-order valence-corrected chi connectivity index (χ3v) is 6.28.